The fourth-order valence-electron chi connectivity index (χ4n) is 2.69. The molecule has 0 N–H and O–H groups in total. The Balaban J connectivity index is 2.00. The molecule has 1 aromatic heterocycles. The molecule has 0 saturated carbocycles. The zero-order valence-electron chi connectivity index (χ0n) is 12.0. The van der Waals surface area contributed by atoms with E-state index < -0.39 is 0 Å². The molecule has 3 rings (SSSR count). The highest BCUT2D eigenvalue weighted by Gasteiger charge is 2.20. The van der Waals surface area contributed by atoms with Crippen molar-refractivity contribution in [2.75, 3.05) is 26.7 Å². The van der Waals surface area contributed by atoms with Crippen LogP contribution in [0.5, 0.6) is 0 Å². The largest absolute Gasteiger partial charge is 0.374 e. The number of rotatable bonds is 3. The summed E-state index contributed by atoms with van der Waals surface area (Å²) < 4.78 is 7.40. The van der Waals surface area contributed by atoms with Gasteiger partial charge in [-0.25, -0.2) is 4.98 Å². The molecule has 1 saturated heterocycles. The first kappa shape index (κ1) is 14.5. The summed E-state index contributed by atoms with van der Waals surface area (Å²) in [5, 5.41) is 0.621. The van der Waals surface area contributed by atoms with Crippen molar-refractivity contribution in [3.8, 4) is 0 Å². The first-order valence-corrected chi connectivity index (χ1v) is 7.57. The molecular formula is C15H18ClN3O2. The SMILES string of the molecule is CN1CCOC(Cn2c(CCl)nc3ccccc3c2=O)C1. The molecule has 0 amide bonds. The molecular weight excluding hydrogens is 290 g/mol. The topological polar surface area (TPSA) is 47.4 Å². The maximum Gasteiger partial charge on any atom is 0.261 e. The van der Waals surface area contributed by atoms with Gasteiger partial charge in [0.25, 0.3) is 5.56 Å². The fraction of sp³-hybridized carbons (Fsp3) is 0.467. The van der Waals surface area contributed by atoms with E-state index in [0.717, 1.165) is 13.1 Å². The highest BCUT2D eigenvalue weighted by molar-refractivity contribution is 6.16. The number of morpholine rings is 1. The van der Waals surface area contributed by atoms with Crippen LogP contribution in [-0.4, -0.2) is 47.3 Å². The number of hydrogen-bond acceptors (Lipinski definition) is 4. The van der Waals surface area contributed by atoms with E-state index in [1.165, 1.54) is 0 Å². The van der Waals surface area contributed by atoms with Gasteiger partial charge in [-0.1, -0.05) is 12.1 Å². The first-order valence-electron chi connectivity index (χ1n) is 7.03. The quantitative estimate of drug-likeness (QED) is 0.806. The maximum atomic E-state index is 12.7. The van der Waals surface area contributed by atoms with Gasteiger partial charge in [0.15, 0.2) is 0 Å². The summed E-state index contributed by atoms with van der Waals surface area (Å²) in [6.07, 6.45) is -0.00798. The molecule has 1 fully saturated rings. The summed E-state index contributed by atoms with van der Waals surface area (Å²) in [6, 6.07) is 7.35. The Hall–Kier alpha value is -1.43. The summed E-state index contributed by atoms with van der Waals surface area (Å²) in [7, 11) is 2.05. The van der Waals surface area contributed by atoms with E-state index in [4.69, 9.17) is 16.3 Å². The average molecular weight is 308 g/mol. The minimum absolute atomic E-state index is 0.00798. The standard InChI is InChI=1S/C15H18ClN3O2/c1-18-6-7-21-11(9-18)10-19-14(8-16)17-13-5-3-2-4-12(13)15(19)20/h2-5,11H,6-10H2,1H3. The van der Waals surface area contributed by atoms with Gasteiger partial charge in [0.1, 0.15) is 5.82 Å². The Morgan fingerprint density at radius 1 is 1.43 bits per heavy atom. The molecule has 0 spiro atoms. The van der Waals surface area contributed by atoms with Crippen LogP contribution in [0.25, 0.3) is 10.9 Å². The van der Waals surface area contributed by atoms with Crippen LogP contribution in [0, 0.1) is 0 Å². The van der Waals surface area contributed by atoms with Crippen LogP contribution in [0.2, 0.25) is 0 Å². The Kier molecular flexibility index (Phi) is 4.24. The van der Waals surface area contributed by atoms with Crippen molar-refractivity contribution in [1.29, 1.82) is 0 Å². The Labute approximate surface area is 128 Å². The molecule has 6 heteroatoms. The highest BCUT2D eigenvalue weighted by Crippen LogP contribution is 2.12. The van der Waals surface area contributed by atoms with Gasteiger partial charge in [-0.2, -0.15) is 0 Å². The zero-order valence-corrected chi connectivity index (χ0v) is 12.7. The number of alkyl halides is 1. The Morgan fingerprint density at radius 3 is 3.00 bits per heavy atom. The van der Waals surface area contributed by atoms with Gasteiger partial charge in [-0.15, -0.1) is 11.6 Å². The molecule has 1 atom stereocenters. The lowest BCUT2D eigenvalue weighted by Crippen LogP contribution is -2.44. The van der Waals surface area contributed by atoms with Crippen molar-refractivity contribution in [2.45, 2.75) is 18.5 Å². The highest BCUT2D eigenvalue weighted by atomic mass is 35.5. The third-order valence-corrected chi connectivity index (χ3v) is 4.03. The van der Waals surface area contributed by atoms with Crippen molar-refractivity contribution in [1.82, 2.24) is 14.5 Å². The van der Waals surface area contributed by atoms with Crippen LogP contribution < -0.4 is 5.56 Å². The molecule has 112 valence electrons. The normalized spacial score (nSPS) is 20.0. The second-order valence-electron chi connectivity index (χ2n) is 5.35. The van der Waals surface area contributed by atoms with E-state index in [1.807, 2.05) is 18.2 Å². The number of ether oxygens (including phenoxy) is 1. The van der Waals surface area contributed by atoms with Crippen molar-refractivity contribution in [2.24, 2.45) is 0 Å². The number of halogens is 1. The number of benzene rings is 1. The smallest absolute Gasteiger partial charge is 0.261 e. The fourth-order valence-corrected chi connectivity index (χ4v) is 2.89. The Bertz CT molecular complexity index is 701. The average Bonchev–Trinajstić information content (AvgIpc) is 2.50. The minimum Gasteiger partial charge on any atom is -0.374 e. The zero-order chi connectivity index (χ0) is 14.8. The van der Waals surface area contributed by atoms with Gasteiger partial charge >= 0.3 is 0 Å². The van der Waals surface area contributed by atoms with Gasteiger partial charge in [0.05, 0.1) is 36.0 Å². The van der Waals surface area contributed by atoms with E-state index in [-0.39, 0.29) is 17.5 Å². The van der Waals surface area contributed by atoms with Crippen molar-refractivity contribution >= 4 is 22.5 Å². The van der Waals surface area contributed by atoms with Crippen LogP contribution in [0.3, 0.4) is 0 Å². The van der Waals surface area contributed by atoms with Gasteiger partial charge in [-0.05, 0) is 19.2 Å². The number of fused-ring (bicyclic) bond motifs is 1. The summed E-state index contributed by atoms with van der Waals surface area (Å²) in [4.78, 5) is 19.4. The van der Waals surface area contributed by atoms with Gasteiger partial charge < -0.3 is 9.64 Å². The lowest BCUT2D eigenvalue weighted by atomic mass is 10.2. The molecule has 0 aliphatic carbocycles. The van der Waals surface area contributed by atoms with E-state index in [1.54, 1.807) is 10.6 Å². The first-order chi connectivity index (χ1) is 10.2. The summed E-state index contributed by atoms with van der Waals surface area (Å²) in [5.74, 6) is 0.806. The van der Waals surface area contributed by atoms with Crippen molar-refractivity contribution in [3.05, 3.63) is 40.4 Å². The van der Waals surface area contributed by atoms with Crippen molar-refractivity contribution < 1.29 is 4.74 Å². The molecule has 2 heterocycles. The van der Waals surface area contributed by atoms with Gasteiger partial charge in [0, 0.05) is 13.1 Å². The van der Waals surface area contributed by atoms with E-state index >= 15 is 0 Å². The molecule has 1 aromatic carbocycles. The maximum absolute atomic E-state index is 12.7. The molecule has 5 nitrogen and oxygen atoms in total. The molecule has 1 aliphatic heterocycles. The van der Waals surface area contributed by atoms with Crippen LogP contribution in [0.15, 0.2) is 29.1 Å². The van der Waals surface area contributed by atoms with E-state index in [9.17, 15) is 4.79 Å². The summed E-state index contributed by atoms with van der Waals surface area (Å²) in [5.41, 5.74) is 0.643. The second-order valence-corrected chi connectivity index (χ2v) is 5.62. The van der Waals surface area contributed by atoms with Gasteiger partial charge in [0.2, 0.25) is 0 Å². The molecule has 2 aromatic rings. The van der Waals surface area contributed by atoms with Crippen LogP contribution >= 0.6 is 11.6 Å². The molecule has 0 radical (unpaired) electrons. The number of nitrogens with zero attached hydrogens (tertiary/aromatic N) is 3. The molecule has 1 unspecified atom stereocenters. The number of para-hydroxylation sites is 1. The molecule has 0 bridgehead atoms. The summed E-state index contributed by atoms with van der Waals surface area (Å²) >= 11 is 5.98. The number of aromatic nitrogens is 2. The lowest BCUT2D eigenvalue weighted by molar-refractivity contribution is -0.0282. The lowest BCUT2D eigenvalue weighted by Gasteiger charge is -2.30. The molecule has 21 heavy (non-hydrogen) atoms. The monoisotopic (exact) mass is 307 g/mol. The third-order valence-electron chi connectivity index (χ3n) is 3.79. The van der Waals surface area contributed by atoms with Crippen LogP contribution in [0.4, 0.5) is 0 Å². The van der Waals surface area contributed by atoms with E-state index in [2.05, 4.69) is 16.9 Å². The minimum atomic E-state index is -0.0481. The van der Waals surface area contributed by atoms with Crippen LogP contribution in [-0.2, 0) is 17.2 Å². The predicted octanol–water partition coefficient (Wildman–Crippen LogP) is 1.47. The van der Waals surface area contributed by atoms with Gasteiger partial charge in [-0.3, -0.25) is 9.36 Å². The predicted molar refractivity (Wildman–Crippen MR) is 82.8 cm³/mol. The number of likely N-dealkylation sites (N-methyl/N-ethyl adjacent to an activating group) is 1. The van der Waals surface area contributed by atoms with Crippen LogP contribution in [0.1, 0.15) is 5.82 Å². The third kappa shape index (κ3) is 2.95. The molecule has 1 aliphatic rings. The van der Waals surface area contributed by atoms with E-state index in [0.29, 0.717) is 29.9 Å². The second kappa shape index (κ2) is 6.13. The Morgan fingerprint density at radius 2 is 2.24 bits per heavy atom. The summed E-state index contributed by atoms with van der Waals surface area (Å²) in [6.45, 7) is 2.90. The van der Waals surface area contributed by atoms with Crippen molar-refractivity contribution in [3.63, 3.8) is 0 Å². The number of hydrogen-bond donors (Lipinski definition) is 0.